The third-order valence-electron chi connectivity index (χ3n) is 5.41. The molecule has 9 nitrogen and oxygen atoms in total. The monoisotopic (exact) mass is 419 g/mol. The van der Waals surface area contributed by atoms with E-state index < -0.39 is 10.0 Å². The molecule has 2 aromatic heterocycles. The van der Waals surface area contributed by atoms with Gasteiger partial charge in [-0.1, -0.05) is 0 Å². The second kappa shape index (κ2) is 8.50. The molecule has 1 saturated carbocycles. The number of rotatable bonds is 5. The smallest absolute Gasteiger partial charge is 0.260 e. The van der Waals surface area contributed by atoms with Gasteiger partial charge in [0.05, 0.1) is 18.1 Å². The minimum absolute atomic E-state index is 0.0688. The summed E-state index contributed by atoms with van der Waals surface area (Å²) in [5.74, 6) is 0.395. The van der Waals surface area contributed by atoms with Crippen LogP contribution < -0.4 is 4.74 Å². The van der Waals surface area contributed by atoms with Crippen molar-refractivity contribution < 1.29 is 17.9 Å². The molecule has 156 valence electrons. The molecular formula is C19H25N5O4S. The van der Waals surface area contributed by atoms with Crippen LogP contribution in [-0.2, 0) is 10.0 Å². The van der Waals surface area contributed by atoms with Gasteiger partial charge in [0.15, 0.2) is 5.03 Å². The number of ether oxygens (including phenoxy) is 1. The van der Waals surface area contributed by atoms with Crippen LogP contribution in [0, 0.1) is 0 Å². The molecule has 1 aliphatic heterocycles. The summed E-state index contributed by atoms with van der Waals surface area (Å²) in [6.07, 6.45) is 9.43. The molecule has 1 aliphatic carbocycles. The van der Waals surface area contributed by atoms with Crippen molar-refractivity contribution in [1.29, 1.82) is 0 Å². The van der Waals surface area contributed by atoms with Gasteiger partial charge < -0.3 is 14.6 Å². The number of hydrogen-bond acceptors (Lipinski definition) is 6. The minimum atomic E-state index is -3.62. The molecule has 2 aromatic rings. The van der Waals surface area contributed by atoms with Crippen LogP contribution in [0.3, 0.4) is 0 Å². The Morgan fingerprint density at radius 2 is 1.90 bits per heavy atom. The Bertz CT molecular complexity index is 924. The Hall–Kier alpha value is -2.46. The molecule has 0 aromatic carbocycles. The molecule has 3 heterocycles. The molecule has 0 radical (unpaired) electrons. The van der Waals surface area contributed by atoms with Crippen molar-refractivity contribution in [2.45, 2.75) is 43.2 Å². The summed E-state index contributed by atoms with van der Waals surface area (Å²) in [6, 6.07) is 3.46. The first kappa shape index (κ1) is 19.8. The molecule has 1 N–H and O–H groups in total. The van der Waals surface area contributed by atoms with E-state index in [2.05, 4.69) is 15.0 Å². The summed E-state index contributed by atoms with van der Waals surface area (Å²) in [5.41, 5.74) is 0.480. The molecule has 2 aliphatic rings. The fraction of sp³-hybridized carbons (Fsp3) is 0.526. The summed E-state index contributed by atoms with van der Waals surface area (Å²) in [5, 5.41) is 0.0688. The van der Waals surface area contributed by atoms with Gasteiger partial charge in [-0.3, -0.25) is 4.79 Å². The van der Waals surface area contributed by atoms with E-state index >= 15 is 0 Å². The summed E-state index contributed by atoms with van der Waals surface area (Å²) in [6.45, 7) is 1.42. The van der Waals surface area contributed by atoms with E-state index in [1.165, 1.54) is 35.9 Å². The van der Waals surface area contributed by atoms with Gasteiger partial charge in [-0.25, -0.2) is 18.4 Å². The van der Waals surface area contributed by atoms with Crippen molar-refractivity contribution >= 4 is 15.9 Å². The number of carbonyl (C=O) groups excluding carboxylic acids is 1. The second-order valence-corrected chi connectivity index (χ2v) is 9.28. The third kappa shape index (κ3) is 4.43. The highest BCUT2D eigenvalue weighted by Gasteiger charge is 2.29. The van der Waals surface area contributed by atoms with Gasteiger partial charge in [0, 0.05) is 38.4 Å². The SMILES string of the molecule is O=C(c1ccc(OC2CCCC2)nc1)N1CCCN(S(=O)(=O)c2cnc[nH]2)CC1. The van der Waals surface area contributed by atoms with Crippen molar-refractivity contribution in [2.75, 3.05) is 26.2 Å². The quantitative estimate of drug-likeness (QED) is 0.790. The number of amides is 1. The van der Waals surface area contributed by atoms with E-state index in [1.54, 1.807) is 17.0 Å². The Kier molecular flexibility index (Phi) is 5.81. The number of imidazole rings is 1. The van der Waals surface area contributed by atoms with Gasteiger partial charge >= 0.3 is 0 Å². The Morgan fingerprint density at radius 1 is 1.07 bits per heavy atom. The molecule has 29 heavy (non-hydrogen) atoms. The summed E-state index contributed by atoms with van der Waals surface area (Å²) in [7, 11) is -3.62. The lowest BCUT2D eigenvalue weighted by Crippen LogP contribution is -2.37. The Balaban J connectivity index is 1.38. The predicted octanol–water partition coefficient (Wildman–Crippen LogP) is 1.66. The van der Waals surface area contributed by atoms with Crippen LogP contribution in [0.2, 0.25) is 0 Å². The number of H-pyrrole nitrogens is 1. The van der Waals surface area contributed by atoms with Crippen molar-refractivity contribution in [3.8, 4) is 5.88 Å². The van der Waals surface area contributed by atoms with E-state index in [4.69, 9.17) is 4.74 Å². The zero-order chi connectivity index (χ0) is 20.3. The average molecular weight is 420 g/mol. The number of carbonyl (C=O) groups is 1. The van der Waals surface area contributed by atoms with Gasteiger partial charge in [0.1, 0.15) is 6.10 Å². The number of sulfonamides is 1. The van der Waals surface area contributed by atoms with Crippen LogP contribution in [0.1, 0.15) is 42.5 Å². The third-order valence-corrected chi connectivity index (χ3v) is 7.23. The van der Waals surface area contributed by atoms with Crippen LogP contribution in [0.25, 0.3) is 0 Å². The highest BCUT2D eigenvalue weighted by Crippen LogP contribution is 2.23. The second-order valence-electron chi connectivity index (χ2n) is 7.38. The van der Waals surface area contributed by atoms with Gasteiger partial charge in [-0.2, -0.15) is 4.31 Å². The number of pyridine rings is 1. The highest BCUT2D eigenvalue weighted by molar-refractivity contribution is 7.89. The largest absolute Gasteiger partial charge is 0.474 e. The molecule has 4 rings (SSSR count). The van der Waals surface area contributed by atoms with E-state index in [-0.39, 0.29) is 23.6 Å². The fourth-order valence-electron chi connectivity index (χ4n) is 3.80. The molecule has 0 unspecified atom stereocenters. The summed E-state index contributed by atoms with van der Waals surface area (Å²) in [4.78, 5) is 25.2. The van der Waals surface area contributed by atoms with Crippen LogP contribution in [-0.4, -0.2) is 70.8 Å². The van der Waals surface area contributed by atoms with Crippen LogP contribution in [0.4, 0.5) is 0 Å². The molecule has 1 amide bonds. The number of nitrogens with zero attached hydrogens (tertiary/aromatic N) is 4. The van der Waals surface area contributed by atoms with Crippen molar-refractivity contribution in [3.05, 3.63) is 36.4 Å². The molecule has 0 spiro atoms. The lowest BCUT2D eigenvalue weighted by atomic mass is 10.2. The number of aromatic nitrogens is 3. The Morgan fingerprint density at radius 3 is 2.59 bits per heavy atom. The summed E-state index contributed by atoms with van der Waals surface area (Å²) >= 11 is 0. The fourth-order valence-corrected chi connectivity index (χ4v) is 5.16. The zero-order valence-electron chi connectivity index (χ0n) is 16.2. The topological polar surface area (TPSA) is 108 Å². The molecular weight excluding hydrogens is 394 g/mol. The summed E-state index contributed by atoms with van der Waals surface area (Å²) < 4.78 is 32.5. The molecule has 2 fully saturated rings. The van der Waals surface area contributed by atoms with E-state index in [9.17, 15) is 13.2 Å². The van der Waals surface area contributed by atoms with Gasteiger partial charge in [0.2, 0.25) is 5.88 Å². The number of aromatic amines is 1. The van der Waals surface area contributed by atoms with Gasteiger partial charge in [-0.15, -0.1) is 0 Å². The van der Waals surface area contributed by atoms with E-state index in [0.29, 0.717) is 37.5 Å². The maximum atomic E-state index is 12.9. The number of hydrogen-bond donors (Lipinski definition) is 1. The van der Waals surface area contributed by atoms with Gasteiger partial charge in [-0.05, 0) is 38.2 Å². The van der Waals surface area contributed by atoms with Crippen molar-refractivity contribution in [1.82, 2.24) is 24.2 Å². The average Bonchev–Trinajstić information content (AvgIpc) is 3.39. The first-order valence-corrected chi connectivity index (χ1v) is 11.4. The molecule has 0 atom stereocenters. The molecule has 0 bridgehead atoms. The maximum Gasteiger partial charge on any atom is 0.260 e. The van der Waals surface area contributed by atoms with Crippen LogP contribution >= 0.6 is 0 Å². The zero-order valence-corrected chi connectivity index (χ0v) is 17.0. The first-order chi connectivity index (χ1) is 14.0. The minimum Gasteiger partial charge on any atom is -0.474 e. The van der Waals surface area contributed by atoms with E-state index in [0.717, 1.165) is 12.8 Å². The number of nitrogens with one attached hydrogen (secondary N) is 1. The van der Waals surface area contributed by atoms with Crippen molar-refractivity contribution in [2.24, 2.45) is 0 Å². The van der Waals surface area contributed by atoms with Crippen molar-refractivity contribution in [3.63, 3.8) is 0 Å². The normalized spacial score (nSPS) is 19.2. The molecule has 10 heteroatoms. The van der Waals surface area contributed by atoms with Crippen LogP contribution in [0.15, 0.2) is 35.9 Å². The van der Waals surface area contributed by atoms with Gasteiger partial charge in [0.25, 0.3) is 15.9 Å². The lowest BCUT2D eigenvalue weighted by Gasteiger charge is -2.21. The standard InChI is InChI=1S/C19H25N5O4S/c25-19(15-6-7-17(21-12-15)28-16-4-1-2-5-16)23-8-3-9-24(11-10-23)29(26,27)18-13-20-14-22-18/h6-7,12-14,16H,1-5,8-11H2,(H,20,22). The van der Waals surface area contributed by atoms with Crippen LogP contribution in [0.5, 0.6) is 5.88 Å². The molecule has 1 saturated heterocycles. The highest BCUT2D eigenvalue weighted by atomic mass is 32.2. The predicted molar refractivity (Wildman–Crippen MR) is 105 cm³/mol. The first-order valence-electron chi connectivity index (χ1n) is 9.94. The lowest BCUT2D eigenvalue weighted by molar-refractivity contribution is 0.0763. The van der Waals surface area contributed by atoms with E-state index in [1.807, 2.05) is 0 Å². The Labute approximate surface area is 170 Å². The maximum absolute atomic E-state index is 12.9.